The third-order valence-corrected chi connectivity index (χ3v) is 2.27. The van der Waals surface area contributed by atoms with Crippen LogP contribution in [-0.4, -0.2) is 35.8 Å². The van der Waals surface area contributed by atoms with Gasteiger partial charge in [0.1, 0.15) is 0 Å². The lowest BCUT2D eigenvalue weighted by Crippen LogP contribution is -2.30. The lowest BCUT2D eigenvalue weighted by molar-refractivity contribution is -0.0328. The lowest BCUT2D eigenvalue weighted by Gasteiger charge is -2.18. The van der Waals surface area contributed by atoms with Crippen molar-refractivity contribution in [3.05, 3.63) is 0 Å². The first-order chi connectivity index (χ1) is 5.87. The molecular weight excluding hydrogens is 201 g/mol. The summed E-state index contributed by atoms with van der Waals surface area (Å²) >= 11 is -0.0613. The molecule has 0 aromatic carbocycles. The van der Waals surface area contributed by atoms with Gasteiger partial charge in [0.25, 0.3) is 0 Å². The predicted octanol–water partition coefficient (Wildman–Crippen LogP) is 2.08. The zero-order chi connectivity index (χ0) is 10.5. The Labute approximate surface area is 79.7 Å². The topological polar surface area (TPSA) is 27.0 Å². The van der Waals surface area contributed by atoms with Gasteiger partial charge in [-0.15, -0.1) is 0 Å². The van der Waals surface area contributed by atoms with E-state index in [2.05, 4.69) is 0 Å². The zero-order valence-corrected chi connectivity index (χ0v) is 8.24. The summed E-state index contributed by atoms with van der Waals surface area (Å²) in [5, 5.41) is 8.44. The molecule has 0 aliphatic rings. The van der Waals surface area contributed by atoms with Crippen molar-refractivity contribution in [3.63, 3.8) is 0 Å². The van der Waals surface area contributed by atoms with Crippen LogP contribution in [0.3, 0.4) is 0 Å². The number of nitrogens with zero attached hydrogens (tertiary/aromatic N) is 2. The van der Waals surface area contributed by atoms with Crippen molar-refractivity contribution in [3.8, 4) is 6.07 Å². The van der Waals surface area contributed by atoms with Gasteiger partial charge in [0.2, 0.25) is 0 Å². The van der Waals surface area contributed by atoms with Crippen LogP contribution in [0.4, 0.5) is 13.2 Å². The first-order valence-electron chi connectivity index (χ1n) is 3.67. The quantitative estimate of drug-likeness (QED) is 0.714. The van der Waals surface area contributed by atoms with Crippen molar-refractivity contribution in [2.24, 2.45) is 0 Å². The molecule has 0 amide bonds. The van der Waals surface area contributed by atoms with Gasteiger partial charge in [-0.25, -0.2) is 0 Å². The predicted molar refractivity (Wildman–Crippen MR) is 46.2 cm³/mol. The van der Waals surface area contributed by atoms with Crippen LogP contribution in [0, 0.1) is 11.3 Å². The second-order valence-corrected chi connectivity index (χ2v) is 3.74. The Bertz CT molecular complexity index is 187. The summed E-state index contributed by atoms with van der Waals surface area (Å²) < 4.78 is 35.0. The van der Waals surface area contributed by atoms with E-state index in [4.69, 9.17) is 5.26 Å². The Morgan fingerprint density at radius 2 is 2.08 bits per heavy atom. The second-order valence-electron chi connectivity index (χ2n) is 2.58. The molecular formula is C7H11F3N2S. The fourth-order valence-corrected chi connectivity index (χ4v) is 1.21. The number of nitriles is 1. The van der Waals surface area contributed by atoms with Crippen LogP contribution in [0.15, 0.2) is 0 Å². The van der Waals surface area contributed by atoms with Crippen molar-refractivity contribution in [1.82, 2.24) is 4.90 Å². The van der Waals surface area contributed by atoms with Crippen LogP contribution < -0.4 is 0 Å². The van der Waals surface area contributed by atoms with E-state index in [0.717, 1.165) is 0 Å². The van der Waals surface area contributed by atoms with E-state index < -0.39 is 5.51 Å². The molecule has 0 heterocycles. The SMILES string of the molecule is CC(C#N)N(C)CCSC(F)(F)F. The van der Waals surface area contributed by atoms with Gasteiger partial charge in [0.15, 0.2) is 0 Å². The van der Waals surface area contributed by atoms with E-state index in [1.165, 1.54) is 0 Å². The van der Waals surface area contributed by atoms with Crippen LogP contribution >= 0.6 is 11.8 Å². The standard InChI is InChI=1S/C7H11F3N2S/c1-6(5-11)12(2)3-4-13-7(8,9)10/h6H,3-4H2,1-2H3. The van der Waals surface area contributed by atoms with E-state index >= 15 is 0 Å². The van der Waals surface area contributed by atoms with E-state index in [9.17, 15) is 13.2 Å². The average molecular weight is 212 g/mol. The number of halogens is 3. The zero-order valence-electron chi connectivity index (χ0n) is 7.43. The smallest absolute Gasteiger partial charge is 0.291 e. The van der Waals surface area contributed by atoms with Gasteiger partial charge in [-0.3, -0.25) is 4.90 Å². The van der Waals surface area contributed by atoms with Crippen molar-refractivity contribution in [1.29, 1.82) is 5.26 Å². The highest BCUT2D eigenvalue weighted by Crippen LogP contribution is 2.29. The lowest BCUT2D eigenvalue weighted by atomic mass is 10.3. The fraction of sp³-hybridized carbons (Fsp3) is 0.857. The van der Waals surface area contributed by atoms with Crippen molar-refractivity contribution < 1.29 is 13.2 Å². The van der Waals surface area contributed by atoms with E-state index in [1.54, 1.807) is 18.9 Å². The molecule has 2 nitrogen and oxygen atoms in total. The molecule has 0 rings (SSSR count). The maximum Gasteiger partial charge on any atom is 0.441 e. The van der Waals surface area contributed by atoms with Crippen LogP contribution in [0.5, 0.6) is 0 Å². The molecule has 0 aromatic heterocycles. The summed E-state index contributed by atoms with van der Waals surface area (Å²) in [4.78, 5) is 1.58. The maximum absolute atomic E-state index is 11.7. The molecule has 0 fully saturated rings. The van der Waals surface area contributed by atoms with Gasteiger partial charge in [0, 0.05) is 12.3 Å². The molecule has 1 unspecified atom stereocenters. The van der Waals surface area contributed by atoms with Crippen LogP contribution in [0.25, 0.3) is 0 Å². The van der Waals surface area contributed by atoms with E-state index in [1.807, 2.05) is 6.07 Å². The molecule has 0 spiro atoms. The van der Waals surface area contributed by atoms with Gasteiger partial charge in [-0.2, -0.15) is 18.4 Å². The Balaban J connectivity index is 3.61. The number of hydrogen-bond acceptors (Lipinski definition) is 3. The summed E-state index contributed by atoms with van der Waals surface area (Å²) in [6.07, 6.45) is 0. The Hall–Kier alpha value is -0.410. The van der Waals surface area contributed by atoms with Crippen molar-refractivity contribution >= 4 is 11.8 Å². The van der Waals surface area contributed by atoms with Gasteiger partial charge >= 0.3 is 5.51 Å². The maximum atomic E-state index is 11.7. The first-order valence-corrected chi connectivity index (χ1v) is 4.66. The summed E-state index contributed by atoms with van der Waals surface area (Å²) in [5.74, 6) is -0.0357. The third kappa shape index (κ3) is 6.72. The Kier molecular flexibility index (Phi) is 5.18. The monoisotopic (exact) mass is 212 g/mol. The number of thioether (sulfide) groups is 1. The summed E-state index contributed by atoms with van der Waals surface area (Å²) in [6.45, 7) is 1.91. The summed E-state index contributed by atoms with van der Waals surface area (Å²) in [6, 6.07) is 1.61. The minimum absolute atomic E-state index is 0.0357. The fourth-order valence-electron chi connectivity index (χ4n) is 0.598. The largest absolute Gasteiger partial charge is 0.441 e. The molecule has 6 heteroatoms. The highest BCUT2D eigenvalue weighted by atomic mass is 32.2. The Morgan fingerprint density at radius 1 is 1.54 bits per heavy atom. The highest BCUT2D eigenvalue weighted by Gasteiger charge is 2.27. The van der Waals surface area contributed by atoms with Gasteiger partial charge < -0.3 is 0 Å². The molecule has 0 N–H and O–H groups in total. The van der Waals surface area contributed by atoms with Crippen LogP contribution in [0.2, 0.25) is 0 Å². The van der Waals surface area contributed by atoms with Crippen molar-refractivity contribution in [2.45, 2.75) is 18.5 Å². The minimum atomic E-state index is -4.17. The number of hydrogen-bond donors (Lipinski definition) is 0. The molecule has 0 radical (unpaired) electrons. The molecule has 0 aliphatic heterocycles. The van der Waals surface area contributed by atoms with Gasteiger partial charge in [0.05, 0.1) is 12.1 Å². The molecule has 13 heavy (non-hydrogen) atoms. The molecule has 0 aromatic rings. The number of alkyl halides is 3. The van der Waals surface area contributed by atoms with Crippen LogP contribution in [0.1, 0.15) is 6.92 Å². The molecule has 76 valence electrons. The highest BCUT2D eigenvalue weighted by molar-refractivity contribution is 8.00. The average Bonchev–Trinajstić information content (AvgIpc) is 2.00. The minimum Gasteiger partial charge on any atom is -0.291 e. The molecule has 0 saturated carbocycles. The molecule has 1 atom stereocenters. The van der Waals surface area contributed by atoms with Gasteiger partial charge in [-0.1, -0.05) is 0 Å². The third-order valence-electron chi connectivity index (χ3n) is 1.56. The molecule has 0 aliphatic carbocycles. The summed E-state index contributed by atoms with van der Waals surface area (Å²) in [5.41, 5.74) is -4.17. The number of rotatable bonds is 4. The second kappa shape index (κ2) is 5.35. The first kappa shape index (κ1) is 12.6. The van der Waals surface area contributed by atoms with Crippen molar-refractivity contribution in [2.75, 3.05) is 19.3 Å². The van der Waals surface area contributed by atoms with E-state index in [0.29, 0.717) is 0 Å². The van der Waals surface area contributed by atoms with Gasteiger partial charge in [-0.05, 0) is 25.7 Å². The Morgan fingerprint density at radius 3 is 2.46 bits per heavy atom. The summed E-state index contributed by atoms with van der Waals surface area (Å²) in [7, 11) is 1.63. The normalized spacial score (nSPS) is 14.2. The molecule has 0 saturated heterocycles. The van der Waals surface area contributed by atoms with Crippen LogP contribution in [-0.2, 0) is 0 Å². The molecule has 0 bridgehead atoms. The van der Waals surface area contributed by atoms with E-state index in [-0.39, 0.29) is 30.1 Å².